The van der Waals surface area contributed by atoms with E-state index in [9.17, 15) is 4.79 Å². The normalized spacial score (nSPS) is 24.3. The molecule has 0 bridgehead atoms. The summed E-state index contributed by atoms with van der Waals surface area (Å²) in [6, 6.07) is 0.742. The highest BCUT2D eigenvalue weighted by Crippen LogP contribution is 2.22. The molecule has 0 spiro atoms. The van der Waals surface area contributed by atoms with Gasteiger partial charge in [0.1, 0.15) is 0 Å². The summed E-state index contributed by atoms with van der Waals surface area (Å²) in [5.41, 5.74) is 0. The molecule has 1 amide bonds. The second-order valence-corrected chi connectivity index (χ2v) is 6.17. The maximum Gasteiger partial charge on any atom is 0.222 e. The van der Waals surface area contributed by atoms with Gasteiger partial charge in [0.25, 0.3) is 0 Å². The van der Waals surface area contributed by atoms with E-state index in [4.69, 9.17) is 4.74 Å². The van der Waals surface area contributed by atoms with Gasteiger partial charge in [-0.05, 0) is 32.2 Å². The Morgan fingerprint density at radius 2 is 1.89 bits per heavy atom. The second kappa shape index (κ2) is 7.25. The van der Waals surface area contributed by atoms with Crippen molar-refractivity contribution in [3.05, 3.63) is 0 Å². The van der Waals surface area contributed by atoms with Crippen LogP contribution in [-0.2, 0) is 9.53 Å². The summed E-state index contributed by atoms with van der Waals surface area (Å²) < 4.78 is 5.32. The smallest absolute Gasteiger partial charge is 0.222 e. The lowest BCUT2D eigenvalue weighted by molar-refractivity contribution is -0.131. The van der Waals surface area contributed by atoms with Gasteiger partial charge < -0.3 is 14.5 Å². The van der Waals surface area contributed by atoms with Crippen LogP contribution < -0.4 is 0 Å². The van der Waals surface area contributed by atoms with Crippen molar-refractivity contribution in [1.82, 2.24) is 9.80 Å². The predicted molar refractivity (Wildman–Crippen MR) is 76.1 cm³/mol. The van der Waals surface area contributed by atoms with Crippen molar-refractivity contribution >= 4 is 5.91 Å². The summed E-state index contributed by atoms with van der Waals surface area (Å²) in [6.45, 7) is 3.43. The lowest BCUT2D eigenvalue weighted by atomic mass is 10.0. The van der Waals surface area contributed by atoms with Crippen molar-refractivity contribution in [3.8, 4) is 0 Å². The predicted octanol–water partition coefficient (Wildman–Crippen LogP) is 1.75. The van der Waals surface area contributed by atoms with Crippen LogP contribution in [0.1, 0.15) is 38.5 Å². The molecule has 2 fully saturated rings. The van der Waals surface area contributed by atoms with Crippen LogP contribution in [0.5, 0.6) is 0 Å². The zero-order valence-electron chi connectivity index (χ0n) is 12.4. The number of ether oxygens (including phenoxy) is 1. The van der Waals surface area contributed by atoms with E-state index in [-0.39, 0.29) is 5.91 Å². The zero-order chi connectivity index (χ0) is 13.7. The van der Waals surface area contributed by atoms with E-state index in [1.165, 1.54) is 25.7 Å². The Morgan fingerprint density at radius 1 is 1.16 bits per heavy atom. The third-order valence-electron chi connectivity index (χ3n) is 4.65. The van der Waals surface area contributed by atoms with Gasteiger partial charge in [-0.25, -0.2) is 0 Å². The number of carbonyl (C=O) groups is 1. The van der Waals surface area contributed by atoms with E-state index >= 15 is 0 Å². The highest BCUT2D eigenvalue weighted by molar-refractivity contribution is 5.76. The molecule has 1 aliphatic carbocycles. The second-order valence-electron chi connectivity index (χ2n) is 6.17. The highest BCUT2D eigenvalue weighted by Gasteiger charge is 2.22. The molecular weight excluding hydrogens is 240 g/mol. The number of rotatable bonds is 6. The van der Waals surface area contributed by atoms with E-state index in [1.54, 1.807) is 0 Å². The lowest BCUT2D eigenvalue weighted by Gasteiger charge is -2.27. The third-order valence-corrected chi connectivity index (χ3v) is 4.65. The molecule has 0 radical (unpaired) electrons. The Labute approximate surface area is 117 Å². The van der Waals surface area contributed by atoms with E-state index in [0.29, 0.717) is 12.3 Å². The minimum atomic E-state index is 0.273. The SMILES string of the molecule is CN(CCN(C)C1CCCC1)C(=O)CC1CCOC1. The molecule has 110 valence electrons. The van der Waals surface area contributed by atoms with Gasteiger partial charge in [0.2, 0.25) is 5.91 Å². The van der Waals surface area contributed by atoms with Gasteiger partial charge >= 0.3 is 0 Å². The summed E-state index contributed by atoms with van der Waals surface area (Å²) in [6.07, 6.45) is 7.09. The van der Waals surface area contributed by atoms with Crippen molar-refractivity contribution in [2.24, 2.45) is 5.92 Å². The first kappa shape index (κ1) is 14.8. The van der Waals surface area contributed by atoms with Crippen LogP contribution >= 0.6 is 0 Å². The van der Waals surface area contributed by atoms with E-state index in [0.717, 1.165) is 38.8 Å². The van der Waals surface area contributed by atoms with E-state index in [1.807, 2.05) is 11.9 Å². The molecule has 1 saturated carbocycles. The first-order chi connectivity index (χ1) is 9.16. The largest absolute Gasteiger partial charge is 0.381 e. The zero-order valence-corrected chi connectivity index (χ0v) is 12.4. The summed E-state index contributed by atoms with van der Waals surface area (Å²) in [5.74, 6) is 0.720. The van der Waals surface area contributed by atoms with Gasteiger partial charge in [-0.15, -0.1) is 0 Å². The summed E-state index contributed by atoms with van der Waals surface area (Å²) in [5, 5.41) is 0. The maximum absolute atomic E-state index is 12.1. The molecule has 4 heteroatoms. The Kier molecular flexibility index (Phi) is 5.64. The van der Waals surface area contributed by atoms with Crippen LogP contribution in [0.2, 0.25) is 0 Å². The fourth-order valence-electron chi connectivity index (χ4n) is 3.11. The van der Waals surface area contributed by atoms with Gasteiger partial charge in [-0.1, -0.05) is 12.8 Å². The van der Waals surface area contributed by atoms with Crippen molar-refractivity contribution in [1.29, 1.82) is 0 Å². The molecule has 4 nitrogen and oxygen atoms in total. The number of nitrogens with zero attached hydrogens (tertiary/aromatic N) is 2. The molecule has 1 atom stereocenters. The number of hydrogen-bond acceptors (Lipinski definition) is 3. The molecular formula is C15H28N2O2. The molecule has 1 unspecified atom stereocenters. The molecule has 19 heavy (non-hydrogen) atoms. The van der Waals surface area contributed by atoms with Crippen molar-refractivity contribution in [2.75, 3.05) is 40.4 Å². The third kappa shape index (κ3) is 4.46. The lowest BCUT2D eigenvalue weighted by Crippen LogP contribution is -2.38. The van der Waals surface area contributed by atoms with Gasteiger partial charge in [-0.3, -0.25) is 4.79 Å². The Morgan fingerprint density at radius 3 is 2.53 bits per heavy atom. The van der Waals surface area contributed by atoms with Crippen molar-refractivity contribution in [2.45, 2.75) is 44.6 Å². The quantitative estimate of drug-likeness (QED) is 0.736. The Balaban J connectivity index is 1.64. The standard InChI is InChI=1S/C15H28N2O2/c1-16(14-5-3-4-6-14)8-9-17(2)15(18)11-13-7-10-19-12-13/h13-14H,3-12H2,1-2H3. The van der Waals surface area contributed by atoms with Crippen molar-refractivity contribution < 1.29 is 9.53 Å². The molecule has 0 aromatic heterocycles. The van der Waals surface area contributed by atoms with Crippen molar-refractivity contribution in [3.63, 3.8) is 0 Å². The van der Waals surface area contributed by atoms with Gasteiger partial charge in [0.05, 0.1) is 0 Å². The molecule has 2 aliphatic rings. The van der Waals surface area contributed by atoms with Gasteiger partial charge in [-0.2, -0.15) is 0 Å². The van der Waals surface area contributed by atoms with Crippen LogP contribution in [-0.4, -0.2) is 62.1 Å². The summed E-state index contributed by atoms with van der Waals surface area (Å²) in [7, 11) is 4.12. The van der Waals surface area contributed by atoms with Crippen LogP contribution in [0.25, 0.3) is 0 Å². The molecule has 0 N–H and O–H groups in total. The first-order valence-electron chi connectivity index (χ1n) is 7.68. The minimum absolute atomic E-state index is 0.273. The number of carbonyl (C=O) groups excluding carboxylic acids is 1. The average Bonchev–Trinajstić information content (AvgIpc) is 3.07. The van der Waals surface area contributed by atoms with E-state index in [2.05, 4.69) is 11.9 Å². The topological polar surface area (TPSA) is 32.8 Å². The molecule has 0 aromatic carbocycles. The average molecular weight is 268 g/mol. The van der Waals surface area contributed by atoms with Gasteiger partial charge in [0, 0.05) is 45.8 Å². The van der Waals surface area contributed by atoms with Crippen LogP contribution in [0.3, 0.4) is 0 Å². The van der Waals surface area contributed by atoms with Crippen LogP contribution in [0.15, 0.2) is 0 Å². The number of hydrogen-bond donors (Lipinski definition) is 0. The van der Waals surface area contributed by atoms with Crippen LogP contribution in [0, 0.1) is 5.92 Å². The molecule has 2 rings (SSSR count). The number of amides is 1. The molecule has 1 heterocycles. The number of likely N-dealkylation sites (N-methyl/N-ethyl adjacent to an activating group) is 2. The molecule has 1 saturated heterocycles. The Hall–Kier alpha value is -0.610. The first-order valence-corrected chi connectivity index (χ1v) is 7.68. The molecule has 0 aromatic rings. The monoisotopic (exact) mass is 268 g/mol. The minimum Gasteiger partial charge on any atom is -0.381 e. The maximum atomic E-state index is 12.1. The van der Waals surface area contributed by atoms with Crippen LogP contribution in [0.4, 0.5) is 0 Å². The molecule has 1 aliphatic heterocycles. The fourth-order valence-corrected chi connectivity index (χ4v) is 3.11. The fraction of sp³-hybridized carbons (Fsp3) is 0.933. The van der Waals surface area contributed by atoms with Gasteiger partial charge in [0.15, 0.2) is 0 Å². The summed E-state index contributed by atoms with van der Waals surface area (Å²) in [4.78, 5) is 16.4. The van der Waals surface area contributed by atoms with E-state index < -0.39 is 0 Å². The highest BCUT2D eigenvalue weighted by atomic mass is 16.5. The Bertz CT molecular complexity index is 284. The summed E-state index contributed by atoms with van der Waals surface area (Å²) >= 11 is 0.